The SMILES string of the molecule is CC(C(=O)NN)C(C)N1CC(=O)Nc2ccccc21. The Balaban J connectivity index is 2.30. The van der Waals surface area contributed by atoms with E-state index in [0.717, 1.165) is 11.4 Å². The molecule has 4 N–H and O–H groups in total. The molecule has 2 rings (SSSR count). The first-order valence-electron chi connectivity index (χ1n) is 6.20. The van der Waals surface area contributed by atoms with Gasteiger partial charge in [0.25, 0.3) is 0 Å². The minimum Gasteiger partial charge on any atom is -0.357 e. The molecule has 0 aliphatic carbocycles. The van der Waals surface area contributed by atoms with Gasteiger partial charge in [-0.05, 0) is 19.1 Å². The molecule has 0 saturated heterocycles. The van der Waals surface area contributed by atoms with Gasteiger partial charge in [0.15, 0.2) is 0 Å². The molecule has 1 heterocycles. The highest BCUT2D eigenvalue weighted by atomic mass is 16.2. The molecule has 2 atom stereocenters. The third-order valence-corrected chi connectivity index (χ3v) is 3.57. The van der Waals surface area contributed by atoms with Crippen molar-refractivity contribution in [3.05, 3.63) is 24.3 Å². The lowest BCUT2D eigenvalue weighted by atomic mass is 9.99. The average Bonchev–Trinajstić information content (AvgIpc) is 2.43. The van der Waals surface area contributed by atoms with Crippen molar-refractivity contribution in [3.8, 4) is 0 Å². The van der Waals surface area contributed by atoms with Crippen LogP contribution in [0.25, 0.3) is 0 Å². The predicted molar refractivity (Wildman–Crippen MR) is 73.4 cm³/mol. The summed E-state index contributed by atoms with van der Waals surface area (Å²) in [6.45, 7) is 3.94. The lowest BCUT2D eigenvalue weighted by Crippen LogP contribution is -2.50. The van der Waals surface area contributed by atoms with Crippen molar-refractivity contribution in [2.75, 3.05) is 16.8 Å². The predicted octanol–water partition coefficient (Wildman–Crippen LogP) is 0.460. The molecule has 19 heavy (non-hydrogen) atoms. The lowest BCUT2D eigenvalue weighted by Gasteiger charge is -2.37. The molecule has 2 amide bonds. The third-order valence-electron chi connectivity index (χ3n) is 3.57. The van der Waals surface area contributed by atoms with Crippen LogP contribution in [0.3, 0.4) is 0 Å². The highest BCUT2D eigenvalue weighted by Gasteiger charge is 2.30. The molecule has 1 aromatic rings. The fraction of sp³-hybridized carbons (Fsp3) is 0.385. The zero-order valence-electron chi connectivity index (χ0n) is 11.0. The summed E-state index contributed by atoms with van der Waals surface area (Å²) in [5, 5.41) is 2.82. The van der Waals surface area contributed by atoms with Gasteiger partial charge in [-0.3, -0.25) is 15.0 Å². The quantitative estimate of drug-likeness (QED) is 0.419. The Morgan fingerprint density at radius 3 is 2.79 bits per heavy atom. The maximum absolute atomic E-state index is 11.7. The highest BCUT2D eigenvalue weighted by Crippen LogP contribution is 2.31. The second-order valence-electron chi connectivity index (χ2n) is 4.73. The molecule has 0 radical (unpaired) electrons. The number of amides is 2. The Bertz CT molecular complexity index is 503. The maximum Gasteiger partial charge on any atom is 0.243 e. The average molecular weight is 262 g/mol. The van der Waals surface area contributed by atoms with Crippen molar-refractivity contribution in [1.82, 2.24) is 5.43 Å². The molecule has 6 nitrogen and oxygen atoms in total. The smallest absolute Gasteiger partial charge is 0.243 e. The number of nitrogens with two attached hydrogens (primary N) is 1. The number of carbonyl (C=O) groups excluding carboxylic acids is 2. The second kappa shape index (κ2) is 5.27. The van der Waals surface area contributed by atoms with Crippen molar-refractivity contribution >= 4 is 23.2 Å². The van der Waals surface area contributed by atoms with Crippen LogP contribution in [-0.4, -0.2) is 24.4 Å². The molecular formula is C13H18N4O2. The summed E-state index contributed by atoms with van der Waals surface area (Å²) in [5.74, 6) is 4.53. The summed E-state index contributed by atoms with van der Waals surface area (Å²) < 4.78 is 0. The number of fused-ring (bicyclic) bond motifs is 1. The summed E-state index contributed by atoms with van der Waals surface area (Å²) in [4.78, 5) is 25.3. The molecule has 0 bridgehead atoms. The number of para-hydroxylation sites is 2. The monoisotopic (exact) mass is 262 g/mol. The summed E-state index contributed by atoms with van der Waals surface area (Å²) in [5.41, 5.74) is 3.85. The molecule has 2 unspecified atom stereocenters. The molecule has 1 aliphatic heterocycles. The van der Waals surface area contributed by atoms with Crippen LogP contribution in [-0.2, 0) is 9.59 Å². The van der Waals surface area contributed by atoms with E-state index >= 15 is 0 Å². The van der Waals surface area contributed by atoms with Crippen LogP contribution in [0.4, 0.5) is 11.4 Å². The Kier molecular flexibility index (Phi) is 3.71. The van der Waals surface area contributed by atoms with Gasteiger partial charge in [-0.1, -0.05) is 19.1 Å². The first kappa shape index (κ1) is 13.4. The van der Waals surface area contributed by atoms with Crippen molar-refractivity contribution < 1.29 is 9.59 Å². The fourth-order valence-electron chi connectivity index (χ4n) is 2.24. The van der Waals surface area contributed by atoms with E-state index in [4.69, 9.17) is 5.84 Å². The molecule has 6 heteroatoms. The maximum atomic E-state index is 11.7. The van der Waals surface area contributed by atoms with Crippen LogP contribution in [0.1, 0.15) is 13.8 Å². The van der Waals surface area contributed by atoms with Gasteiger partial charge >= 0.3 is 0 Å². The number of nitrogens with one attached hydrogen (secondary N) is 2. The van der Waals surface area contributed by atoms with Gasteiger partial charge in [-0.25, -0.2) is 5.84 Å². The Hall–Kier alpha value is -2.08. The Labute approximate surface area is 111 Å². The largest absolute Gasteiger partial charge is 0.357 e. The van der Waals surface area contributed by atoms with Crippen molar-refractivity contribution in [2.24, 2.45) is 11.8 Å². The molecule has 0 aromatic heterocycles. The first-order chi connectivity index (χ1) is 9.04. The number of hydrogen-bond donors (Lipinski definition) is 3. The summed E-state index contributed by atoms with van der Waals surface area (Å²) >= 11 is 0. The van der Waals surface area contributed by atoms with Crippen LogP contribution < -0.4 is 21.5 Å². The van der Waals surface area contributed by atoms with Crippen LogP contribution in [0.2, 0.25) is 0 Å². The number of nitrogens with zero attached hydrogens (tertiary/aromatic N) is 1. The topological polar surface area (TPSA) is 87.5 Å². The number of benzene rings is 1. The number of hydrogen-bond acceptors (Lipinski definition) is 4. The molecule has 0 fully saturated rings. The molecule has 1 aliphatic rings. The highest BCUT2D eigenvalue weighted by molar-refractivity contribution is 6.01. The van der Waals surface area contributed by atoms with Crippen LogP contribution in [0.15, 0.2) is 24.3 Å². The fourth-order valence-corrected chi connectivity index (χ4v) is 2.24. The van der Waals surface area contributed by atoms with Gasteiger partial charge in [-0.2, -0.15) is 0 Å². The molecule has 1 aromatic carbocycles. The van der Waals surface area contributed by atoms with E-state index < -0.39 is 0 Å². The first-order valence-corrected chi connectivity index (χ1v) is 6.20. The van der Waals surface area contributed by atoms with Crippen molar-refractivity contribution in [3.63, 3.8) is 0 Å². The molecule has 0 spiro atoms. The van der Waals surface area contributed by atoms with E-state index in [1.807, 2.05) is 36.1 Å². The second-order valence-corrected chi connectivity index (χ2v) is 4.73. The van der Waals surface area contributed by atoms with E-state index in [-0.39, 0.29) is 30.3 Å². The van der Waals surface area contributed by atoms with E-state index in [1.165, 1.54) is 0 Å². The lowest BCUT2D eigenvalue weighted by molar-refractivity contribution is -0.125. The number of carbonyl (C=O) groups is 2. The van der Waals surface area contributed by atoms with E-state index in [2.05, 4.69) is 10.7 Å². The van der Waals surface area contributed by atoms with Gasteiger partial charge in [0, 0.05) is 6.04 Å². The zero-order chi connectivity index (χ0) is 14.0. The van der Waals surface area contributed by atoms with Gasteiger partial charge in [-0.15, -0.1) is 0 Å². The summed E-state index contributed by atoms with van der Waals surface area (Å²) in [6.07, 6.45) is 0. The third kappa shape index (κ3) is 2.53. The normalized spacial score (nSPS) is 17.2. The molecular weight excluding hydrogens is 244 g/mol. The van der Waals surface area contributed by atoms with Crippen molar-refractivity contribution in [1.29, 1.82) is 0 Å². The van der Waals surface area contributed by atoms with Gasteiger partial charge < -0.3 is 10.2 Å². The van der Waals surface area contributed by atoms with Crippen LogP contribution >= 0.6 is 0 Å². The van der Waals surface area contributed by atoms with Gasteiger partial charge in [0.05, 0.1) is 23.8 Å². The van der Waals surface area contributed by atoms with Crippen LogP contribution in [0, 0.1) is 5.92 Å². The molecule has 102 valence electrons. The van der Waals surface area contributed by atoms with Crippen molar-refractivity contribution in [2.45, 2.75) is 19.9 Å². The zero-order valence-corrected chi connectivity index (χ0v) is 11.0. The van der Waals surface area contributed by atoms with Gasteiger partial charge in [0.2, 0.25) is 11.8 Å². The standard InChI is InChI=1S/C13H18N4O2/c1-8(13(19)16-14)9(2)17-7-12(18)15-10-5-3-4-6-11(10)17/h3-6,8-9H,7,14H2,1-2H3,(H,15,18)(H,16,19). The molecule has 0 saturated carbocycles. The van der Waals surface area contributed by atoms with E-state index in [0.29, 0.717) is 0 Å². The van der Waals surface area contributed by atoms with Crippen LogP contribution in [0.5, 0.6) is 0 Å². The van der Waals surface area contributed by atoms with Gasteiger partial charge in [0.1, 0.15) is 0 Å². The minimum atomic E-state index is -0.316. The van der Waals surface area contributed by atoms with E-state index in [1.54, 1.807) is 6.92 Å². The summed E-state index contributed by atoms with van der Waals surface area (Å²) in [6, 6.07) is 7.42. The minimum absolute atomic E-state index is 0.0779. The van der Waals surface area contributed by atoms with E-state index in [9.17, 15) is 9.59 Å². The number of rotatable bonds is 3. The Morgan fingerprint density at radius 2 is 2.11 bits per heavy atom. The summed E-state index contributed by atoms with van der Waals surface area (Å²) in [7, 11) is 0. The number of hydrazine groups is 1. The number of anilines is 2. The Morgan fingerprint density at radius 1 is 1.42 bits per heavy atom.